The summed E-state index contributed by atoms with van der Waals surface area (Å²) in [4.78, 5) is 0. The maximum absolute atomic E-state index is 9.35. The maximum atomic E-state index is 9.35. The zero-order chi connectivity index (χ0) is 14.1. The molecular formula is C14H23N3O. The first-order valence-electron chi connectivity index (χ1n) is 5.76. The van der Waals surface area contributed by atoms with E-state index < -0.39 is 0 Å². The number of aliphatic hydroxyl groups excluding tert-OH is 1. The summed E-state index contributed by atoms with van der Waals surface area (Å²) in [6.07, 6.45) is 6.93. The highest BCUT2D eigenvalue weighted by atomic mass is 16.3. The van der Waals surface area contributed by atoms with Crippen LogP contribution in [-0.4, -0.2) is 22.6 Å². The third-order valence-corrected chi connectivity index (χ3v) is 2.32. The Hall–Kier alpha value is -1.81. The first-order chi connectivity index (χ1) is 8.46. The minimum Gasteiger partial charge on any atom is -0.404 e. The fraction of sp³-hybridized carbons (Fsp3) is 0.357. The molecule has 0 aliphatic heterocycles. The Bertz CT molecular complexity index is 399. The zero-order valence-electron chi connectivity index (χ0n) is 11.6. The highest BCUT2D eigenvalue weighted by molar-refractivity contribution is 5.97. The van der Waals surface area contributed by atoms with Gasteiger partial charge in [-0.25, -0.2) is 5.01 Å². The van der Waals surface area contributed by atoms with Crippen LogP contribution in [-0.2, 0) is 0 Å². The predicted molar refractivity (Wildman–Crippen MR) is 77.7 cm³/mol. The monoisotopic (exact) mass is 249 g/mol. The molecular weight excluding hydrogens is 226 g/mol. The van der Waals surface area contributed by atoms with Crippen molar-refractivity contribution in [3.63, 3.8) is 0 Å². The molecule has 3 N–H and O–H groups in total. The van der Waals surface area contributed by atoms with Gasteiger partial charge in [0.1, 0.15) is 6.73 Å². The minimum atomic E-state index is -0.219. The maximum Gasteiger partial charge on any atom is 0.136 e. The topological polar surface area (TPSA) is 61.8 Å². The standard InChI is InChI=1S/C14H23N3O/c1-6-14(8-7-11(2)3)17(10-18)16-13(5)12(4)9-15/h6-9,18H,1,10,15H2,2-5H3/b12-9-,14-8+,16-13-. The van der Waals surface area contributed by atoms with Crippen LogP contribution in [0.3, 0.4) is 0 Å². The van der Waals surface area contributed by atoms with Crippen LogP contribution in [0, 0.1) is 0 Å². The quantitative estimate of drug-likeness (QED) is 0.329. The normalized spacial score (nSPS) is 13.3. The van der Waals surface area contributed by atoms with Gasteiger partial charge in [0.15, 0.2) is 0 Å². The molecule has 0 aromatic rings. The number of aliphatic hydroxyl groups is 1. The summed E-state index contributed by atoms with van der Waals surface area (Å²) >= 11 is 0. The smallest absolute Gasteiger partial charge is 0.136 e. The minimum absolute atomic E-state index is 0.219. The van der Waals surface area contributed by atoms with Crippen molar-refractivity contribution in [3.05, 3.63) is 47.9 Å². The van der Waals surface area contributed by atoms with Crippen molar-refractivity contribution in [1.82, 2.24) is 5.01 Å². The Morgan fingerprint density at radius 3 is 2.28 bits per heavy atom. The zero-order valence-corrected chi connectivity index (χ0v) is 11.6. The molecule has 0 heterocycles. The molecule has 0 spiro atoms. The molecule has 0 aromatic carbocycles. The predicted octanol–water partition coefficient (Wildman–Crippen LogP) is 2.51. The molecule has 0 amide bonds. The molecule has 0 unspecified atom stereocenters. The van der Waals surface area contributed by atoms with E-state index in [4.69, 9.17) is 5.73 Å². The molecule has 4 nitrogen and oxygen atoms in total. The molecule has 0 atom stereocenters. The number of hydrazone groups is 1. The van der Waals surface area contributed by atoms with Gasteiger partial charge in [-0.15, -0.1) is 0 Å². The first kappa shape index (κ1) is 16.2. The fourth-order valence-electron chi connectivity index (χ4n) is 1.06. The Labute approximate surface area is 109 Å². The lowest BCUT2D eigenvalue weighted by Crippen LogP contribution is -2.19. The molecule has 100 valence electrons. The lowest BCUT2D eigenvalue weighted by molar-refractivity contribution is 0.147. The van der Waals surface area contributed by atoms with Gasteiger partial charge in [0.25, 0.3) is 0 Å². The highest BCUT2D eigenvalue weighted by Crippen LogP contribution is 2.09. The van der Waals surface area contributed by atoms with Crippen LogP contribution in [0.2, 0.25) is 0 Å². The average Bonchev–Trinajstić information content (AvgIpc) is 2.36. The Morgan fingerprint density at radius 2 is 1.89 bits per heavy atom. The second-order valence-corrected chi connectivity index (χ2v) is 4.12. The second kappa shape index (κ2) is 8.31. The summed E-state index contributed by atoms with van der Waals surface area (Å²) in [7, 11) is 0. The fourth-order valence-corrected chi connectivity index (χ4v) is 1.06. The van der Waals surface area contributed by atoms with Crippen molar-refractivity contribution >= 4 is 5.71 Å². The van der Waals surface area contributed by atoms with E-state index in [1.54, 1.807) is 6.08 Å². The van der Waals surface area contributed by atoms with Crippen LogP contribution in [0.5, 0.6) is 0 Å². The summed E-state index contributed by atoms with van der Waals surface area (Å²) in [5, 5.41) is 15.1. The molecule has 0 saturated heterocycles. The van der Waals surface area contributed by atoms with E-state index in [2.05, 4.69) is 11.7 Å². The summed E-state index contributed by atoms with van der Waals surface area (Å²) in [6, 6.07) is 0. The summed E-state index contributed by atoms with van der Waals surface area (Å²) in [5.41, 5.74) is 8.92. The molecule has 0 bridgehead atoms. The van der Waals surface area contributed by atoms with E-state index in [1.807, 2.05) is 39.8 Å². The van der Waals surface area contributed by atoms with Crippen LogP contribution in [0.25, 0.3) is 0 Å². The summed E-state index contributed by atoms with van der Waals surface area (Å²) < 4.78 is 0. The Kier molecular flexibility index (Phi) is 7.47. The Morgan fingerprint density at radius 1 is 1.28 bits per heavy atom. The molecule has 0 saturated carbocycles. The second-order valence-electron chi connectivity index (χ2n) is 4.12. The lowest BCUT2D eigenvalue weighted by Gasteiger charge is -2.18. The summed E-state index contributed by atoms with van der Waals surface area (Å²) in [5.74, 6) is 0. The number of hydrogen-bond donors (Lipinski definition) is 2. The molecule has 0 fully saturated rings. The average molecular weight is 249 g/mol. The van der Waals surface area contributed by atoms with Crippen molar-refractivity contribution in [3.8, 4) is 0 Å². The van der Waals surface area contributed by atoms with Gasteiger partial charge in [-0.1, -0.05) is 18.2 Å². The number of rotatable bonds is 6. The van der Waals surface area contributed by atoms with Crippen LogP contribution in [0.1, 0.15) is 27.7 Å². The molecule has 0 aliphatic rings. The number of hydrogen-bond acceptors (Lipinski definition) is 4. The van der Waals surface area contributed by atoms with Crippen LogP contribution >= 0.6 is 0 Å². The van der Waals surface area contributed by atoms with Gasteiger partial charge >= 0.3 is 0 Å². The number of allylic oxidation sites excluding steroid dienone is 5. The molecule has 18 heavy (non-hydrogen) atoms. The van der Waals surface area contributed by atoms with Crippen LogP contribution < -0.4 is 5.73 Å². The van der Waals surface area contributed by atoms with E-state index in [9.17, 15) is 5.11 Å². The lowest BCUT2D eigenvalue weighted by atomic mass is 10.2. The van der Waals surface area contributed by atoms with Gasteiger partial charge < -0.3 is 10.8 Å². The molecule has 4 heteroatoms. The van der Waals surface area contributed by atoms with Gasteiger partial charge in [0, 0.05) is 0 Å². The van der Waals surface area contributed by atoms with E-state index in [0.29, 0.717) is 0 Å². The van der Waals surface area contributed by atoms with Crippen molar-refractivity contribution in [1.29, 1.82) is 0 Å². The molecule has 0 aromatic heterocycles. The van der Waals surface area contributed by atoms with Gasteiger partial charge in [-0.3, -0.25) is 0 Å². The van der Waals surface area contributed by atoms with Crippen molar-refractivity contribution in [2.45, 2.75) is 27.7 Å². The first-order valence-corrected chi connectivity index (χ1v) is 5.76. The largest absolute Gasteiger partial charge is 0.404 e. The van der Waals surface area contributed by atoms with Crippen molar-refractivity contribution in [2.24, 2.45) is 10.8 Å². The van der Waals surface area contributed by atoms with Gasteiger partial charge in [-0.2, -0.15) is 5.10 Å². The van der Waals surface area contributed by atoms with Crippen molar-refractivity contribution < 1.29 is 5.11 Å². The van der Waals surface area contributed by atoms with E-state index in [1.165, 1.54) is 11.2 Å². The van der Waals surface area contributed by atoms with Gasteiger partial charge in [-0.05, 0) is 51.6 Å². The summed E-state index contributed by atoms with van der Waals surface area (Å²) in [6.45, 7) is 11.2. The van der Waals surface area contributed by atoms with E-state index in [-0.39, 0.29) is 6.73 Å². The molecule has 0 radical (unpaired) electrons. The van der Waals surface area contributed by atoms with E-state index >= 15 is 0 Å². The molecule has 0 aliphatic carbocycles. The highest BCUT2D eigenvalue weighted by Gasteiger charge is 2.04. The third kappa shape index (κ3) is 5.50. The van der Waals surface area contributed by atoms with Crippen LogP contribution in [0.4, 0.5) is 0 Å². The SMILES string of the molecule is C=C/C(=C\C=C(C)C)N(CO)/N=C(C)\C(C)=C/N. The third-order valence-electron chi connectivity index (χ3n) is 2.32. The number of nitrogens with two attached hydrogens (primary N) is 1. The van der Waals surface area contributed by atoms with Gasteiger partial charge in [0.05, 0.1) is 11.4 Å². The van der Waals surface area contributed by atoms with Crippen molar-refractivity contribution in [2.75, 3.05) is 6.73 Å². The number of nitrogens with zero attached hydrogens (tertiary/aromatic N) is 2. The van der Waals surface area contributed by atoms with E-state index in [0.717, 1.165) is 22.6 Å². The molecule has 0 rings (SSSR count). The van der Waals surface area contributed by atoms with Gasteiger partial charge in [0.2, 0.25) is 0 Å². The Balaban J connectivity index is 5.24. The van der Waals surface area contributed by atoms with Crippen LogP contribution in [0.15, 0.2) is 53.0 Å².